The number of aliphatic carboxylic acids is 1. The molecule has 3 nitrogen and oxygen atoms in total. The Morgan fingerprint density at radius 1 is 1.64 bits per heavy atom. The number of ether oxygens (including phenoxy) is 1. The van der Waals surface area contributed by atoms with E-state index >= 15 is 0 Å². The van der Waals surface area contributed by atoms with Crippen LogP contribution in [-0.4, -0.2) is 23.8 Å². The predicted octanol–water partition coefficient (Wildman–Crippen LogP) is 1.42. The summed E-state index contributed by atoms with van der Waals surface area (Å²) in [5.41, 5.74) is 0. The van der Waals surface area contributed by atoms with Crippen molar-refractivity contribution in [2.24, 2.45) is 0 Å². The largest absolute Gasteiger partial charge is 0.481 e. The van der Waals surface area contributed by atoms with Gasteiger partial charge in [0.15, 0.2) is 0 Å². The summed E-state index contributed by atoms with van der Waals surface area (Å²) < 4.78 is 5.34. The Kier molecular flexibility index (Phi) is 3.36. The van der Waals surface area contributed by atoms with Crippen LogP contribution in [0.15, 0.2) is 0 Å². The van der Waals surface area contributed by atoms with E-state index in [0.717, 1.165) is 32.3 Å². The van der Waals surface area contributed by atoms with Crippen molar-refractivity contribution in [2.45, 2.75) is 38.2 Å². The molecule has 64 valence electrons. The second-order valence-electron chi connectivity index (χ2n) is 2.92. The van der Waals surface area contributed by atoms with E-state index < -0.39 is 5.97 Å². The third-order valence-corrected chi connectivity index (χ3v) is 1.94. The fraction of sp³-hybridized carbons (Fsp3) is 0.875. The lowest BCUT2D eigenvalue weighted by molar-refractivity contribution is -0.137. The smallest absolute Gasteiger partial charge is 0.303 e. The Balaban J connectivity index is 1.98. The summed E-state index contributed by atoms with van der Waals surface area (Å²) in [5, 5.41) is 8.35. The van der Waals surface area contributed by atoms with Crippen LogP contribution in [0, 0.1) is 0 Å². The van der Waals surface area contributed by atoms with Gasteiger partial charge in [-0.1, -0.05) is 0 Å². The first-order valence-electron chi connectivity index (χ1n) is 4.12. The highest BCUT2D eigenvalue weighted by atomic mass is 16.5. The molecule has 0 aromatic carbocycles. The highest BCUT2D eigenvalue weighted by Crippen LogP contribution is 2.17. The molecular formula is C8H14O3. The second kappa shape index (κ2) is 4.34. The van der Waals surface area contributed by atoms with E-state index in [1.807, 2.05) is 0 Å². The Hall–Kier alpha value is -0.570. The molecule has 0 aromatic rings. The quantitative estimate of drug-likeness (QED) is 0.673. The monoisotopic (exact) mass is 158 g/mol. The molecule has 0 bridgehead atoms. The molecule has 0 amide bonds. The lowest BCUT2D eigenvalue weighted by atomic mass is 10.1. The van der Waals surface area contributed by atoms with E-state index in [1.54, 1.807) is 0 Å². The fourth-order valence-corrected chi connectivity index (χ4v) is 1.35. The van der Waals surface area contributed by atoms with E-state index in [2.05, 4.69) is 0 Å². The van der Waals surface area contributed by atoms with Gasteiger partial charge in [-0.05, 0) is 25.7 Å². The van der Waals surface area contributed by atoms with E-state index in [9.17, 15) is 4.79 Å². The summed E-state index contributed by atoms with van der Waals surface area (Å²) in [6, 6.07) is 0. The van der Waals surface area contributed by atoms with Gasteiger partial charge in [0.25, 0.3) is 0 Å². The van der Waals surface area contributed by atoms with Gasteiger partial charge in [0, 0.05) is 13.0 Å². The Labute approximate surface area is 66.4 Å². The van der Waals surface area contributed by atoms with Crippen LogP contribution >= 0.6 is 0 Å². The van der Waals surface area contributed by atoms with Crippen molar-refractivity contribution in [3.63, 3.8) is 0 Å². The van der Waals surface area contributed by atoms with Crippen LogP contribution in [0.4, 0.5) is 0 Å². The number of carboxylic acids is 1. The van der Waals surface area contributed by atoms with Gasteiger partial charge in [-0.3, -0.25) is 4.79 Å². The van der Waals surface area contributed by atoms with Gasteiger partial charge in [-0.25, -0.2) is 0 Å². The molecule has 3 heteroatoms. The zero-order valence-electron chi connectivity index (χ0n) is 6.58. The van der Waals surface area contributed by atoms with E-state index in [0.29, 0.717) is 6.10 Å². The normalized spacial score (nSPS) is 23.8. The molecule has 1 fully saturated rings. The Morgan fingerprint density at radius 3 is 3.00 bits per heavy atom. The Bertz CT molecular complexity index is 127. The molecule has 1 saturated heterocycles. The zero-order valence-corrected chi connectivity index (χ0v) is 6.58. The first kappa shape index (κ1) is 8.53. The zero-order chi connectivity index (χ0) is 8.10. The van der Waals surface area contributed by atoms with Gasteiger partial charge in [0.1, 0.15) is 0 Å². The summed E-state index contributed by atoms with van der Waals surface area (Å²) >= 11 is 0. The van der Waals surface area contributed by atoms with Crippen molar-refractivity contribution in [1.29, 1.82) is 0 Å². The summed E-state index contributed by atoms with van der Waals surface area (Å²) in [7, 11) is 0. The molecule has 11 heavy (non-hydrogen) atoms. The van der Waals surface area contributed by atoms with Crippen molar-refractivity contribution < 1.29 is 14.6 Å². The Morgan fingerprint density at radius 2 is 2.45 bits per heavy atom. The van der Waals surface area contributed by atoms with Crippen LogP contribution in [0.25, 0.3) is 0 Å². The second-order valence-corrected chi connectivity index (χ2v) is 2.92. The van der Waals surface area contributed by atoms with Crippen molar-refractivity contribution in [3.05, 3.63) is 0 Å². The fourth-order valence-electron chi connectivity index (χ4n) is 1.35. The number of rotatable bonds is 4. The minimum absolute atomic E-state index is 0.278. The number of carbonyl (C=O) groups is 1. The SMILES string of the molecule is O=C(O)CCCC1CCCO1. The number of hydrogen-bond acceptors (Lipinski definition) is 2. The van der Waals surface area contributed by atoms with Gasteiger partial charge in [-0.15, -0.1) is 0 Å². The maximum Gasteiger partial charge on any atom is 0.303 e. The topological polar surface area (TPSA) is 46.5 Å². The molecule has 1 heterocycles. The summed E-state index contributed by atoms with van der Waals surface area (Å²) in [6.07, 6.45) is 4.53. The van der Waals surface area contributed by atoms with E-state index in [1.165, 1.54) is 0 Å². The molecule has 1 rings (SSSR count). The van der Waals surface area contributed by atoms with Gasteiger partial charge < -0.3 is 9.84 Å². The van der Waals surface area contributed by atoms with Crippen LogP contribution in [0.3, 0.4) is 0 Å². The van der Waals surface area contributed by atoms with Crippen molar-refractivity contribution in [2.75, 3.05) is 6.61 Å². The van der Waals surface area contributed by atoms with E-state index in [-0.39, 0.29) is 6.42 Å². The van der Waals surface area contributed by atoms with Crippen LogP contribution in [-0.2, 0) is 9.53 Å². The maximum atomic E-state index is 10.1. The molecule has 1 aliphatic heterocycles. The van der Waals surface area contributed by atoms with Crippen molar-refractivity contribution >= 4 is 5.97 Å². The summed E-state index contributed by atoms with van der Waals surface area (Å²) in [5.74, 6) is -0.706. The minimum atomic E-state index is -0.706. The highest BCUT2D eigenvalue weighted by Gasteiger charge is 2.14. The molecule has 0 aliphatic carbocycles. The molecule has 1 atom stereocenters. The van der Waals surface area contributed by atoms with Crippen LogP contribution in [0.2, 0.25) is 0 Å². The van der Waals surface area contributed by atoms with Crippen LogP contribution in [0.1, 0.15) is 32.1 Å². The lowest BCUT2D eigenvalue weighted by Crippen LogP contribution is -2.05. The number of carboxylic acid groups (broad SMARTS) is 1. The highest BCUT2D eigenvalue weighted by molar-refractivity contribution is 5.66. The first-order valence-corrected chi connectivity index (χ1v) is 4.12. The molecule has 0 aromatic heterocycles. The summed E-state index contributed by atoms with van der Waals surface area (Å²) in [4.78, 5) is 10.1. The number of hydrogen-bond donors (Lipinski definition) is 1. The molecular weight excluding hydrogens is 144 g/mol. The standard InChI is InChI=1S/C8H14O3/c9-8(10)5-1-3-7-4-2-6-11-7/h7H,1-6H2,(H,9,10). The van der Waals surface area contributed by atoms with Gasteiger partial charge in [-0.2, -0.15) is 0 Å². The van der Waals surface area contributed by atoms with Crippen LogP contribution in [0.5, 0.6) is 0 Å². The third-order valence-electron chi connectivity index (χ3n) is 1.94. The molecule has 1 unspecified atom stereocenters. The molecule has 0 radical (unpaired) electrons. The average molecular weight is 158 g/mol. The molecule has 1 N–H and O–H groups in total. The third kappa shape index (κ3) is 3.37. The van der Waals surface area contributed by atoms with Gasteiger partial charge in [0.05, 0.1) is 6.10 Å². The molecule has 0 spiro atoms. The average Bonchev–Trinajstić information content (AvgIpc) is 2.39. The van der Waals surface area contributed by atoms with Crippen molar-refractivity contribution in [1.82, 2.24) is 0 Å². The van der Waals surface area contributed by atoms with E-state index in [4.69, 9.17) is 9.84 Å². The van der Waals surface area contributed by atoms with Crippen LogP contribution < -0.4 is 0 Å². The van der Waals surface area contributed by atoms with Gasteiger partial charge >= 0.3 is 5.97 Å². The summed E-state index contributed by atoms with van der Waals surface area (Å²) in [6.45, 7) is 0.859. The van der Waals surface area contributed by atoms with Crippen molar-refractivity contribution in [3.8, 4) is 0 Å². The molecule has 1 aliphatic rings. The van der Waals surface area contributed by atoms with Gasteiger partial charge in [0.2, 0.25) is 0 Å². The molecule has 0 saturated carbocycles. The maximum absolute atomic E-state index is 10.1. The lowest BCUT2D eigenvalue weighted by Gasteiger charge is -2.06. The first-order chi connectivity index (χ1) is 5.29. The minimum Gasteiger partial charge on any atom is -0.481 e. The predicted molar refractivity (Wildman–Crippen MR) is 40.5 cm³/mol.